The first kappa shape index (κ1) is 19.7. The van der Waals surface area contributed by atoms with Crippen LogP contribution in [0, 0.1) is 0 Å². The van der Waals surface area contributed by atoms with Gasteiger partial charge in [0.25, 0.3) is 0 Å². The van der Waals surface area contributed by atoms with Crippen molar-refractivity contribution in [3.8, 4) is 5.75 Å². The van der Waals surface area contributed by atoms with Crippen molar-refractivity contribution in [1.82, 2.24) is 0 Å². The monoisotopic (exact) mass is 320 g/mol. The average molecular weight is 320 g/mol. The van der Waals surface area contributed by atoms with Gasteiger partial charge in [0.1, 0.15) is 5.75 Å². The fourth-order valence-electron chi connectivity index (χ4n) is 2.62. The molecule has 0 aliphatic carbocycles. The number of unbranched alkanes of at least 4 members (excludes halogenated alkanes) is 9. The number of rotatable bonds is 13. The summed E-state index contributed by atoms with van der Waals surface area (Å²) in [5, 5.41) is 9.83. The summed E-state index contributed by atoms with van der Waals surface area (Å²) in [5.41, 5.74) is 0. The van der Waals surface area contributed by atoms with Gasteiger partial charge >= 0.3 is 5.97 Å². The van der Waals surface area contributed by atoms with Crippen LogP contribution >= 0.6 is 0 Å². The van der Waals surface area contributed by atoms with Crippen molar-refractivity contribution in [2.45, 2.75) is 83.7 Å². The Morgan fingerprint density at radius 3 is 2.00 bits per heavy atom. The third-order valence-electron chi connectivity index (χ3n) is 4.06. The van der Waals surface area contributed by atoms with Crippen molar-refractivity contribution in [2.24, 2.45) is 0 Å². The van der Waals surface area contributed by atoms with Crippen molar-refractivity contribution < 1.29 is 14.6 Å². The molecule has 23 heavy (non-hydrogen) atoms. The molecular formula is C20H32O3. The number of aliphatic hydroxyl groups is 1. The Morgan fingerprint density at radius 1 is 0.913 bits per heavy atom. The molecule has 0 radical (unpaired) electrons. The van der Waals surface area contributed by atoms with Crippen LogP contribution < -0.4 is 4.74 Å². The maximum Gasteiger partial charge on any atom is 0.340 e. The zero-order valence-corrected chi connectivity index (χ0v) is 14.5. The lowest BCUT2D eigenvalue weighted by molar-refractivity contribution is -0.144. The molecule has 1 N–H and O–H groups in total. The Hall–Kier alpha value is -1.35. The zero-order chi connectivity index (χ0) is 16.8. The lowest BCUT2D eigenvalue weighted by atomic mass is 10.0. The quantitative estimate of drug-likeness (QED) is 0.306. The summed E-state index contributed by atoms with van der Waals surface area (Å²) >= 11 is 0. The molecule has 1 unspecified atom stereocenters. The SMILES string of the molecule is CCCCCCCCCCCCC(O)C(=O)Oc1ccccc1. The molecule has 0 saturated carbocycles. The van der Waals surface area contributed by atoms with Gasteiger partial charge in [-0.05, 0) is 18.6 Å². The van der Waals surface area contributed by atoms with Crippen molar-refractivity contribution in [3.05, 3.63) is 30.3 Å². The number of carbonyl (C=O) groups excluding carboxylic acids is 1. The summed E-state index contributed by atoms with van der Waals surface area (Å²) < 4.78 is 5.13. The van der Waals surface area contributed by atoms with E-state index in [-0.39, 0.29) is 0 Å². The van der Waals surface area contributed by atoms with Crippen LogP contribution in [0.1, 0.15) is 77.6 Å². The topological polar surface area (TPSA) is 46.5 Å². The van der Waals surface area contributed by atoms with E-state index in [0.717, 1.165) is 12.8 Å². The van der Waals surface area contributed by atoms with Gasteiger partial charge in [-0.1, -0.05) is 89.3 Å². The smallest absolute Gasteiger partial charge is 0.340 e. The number of ether oxygens (including phenoxy) is 1. The molecule has 1 rings (SSSR count). The predicted octanol–water partition coefficient (Wildman–Crippen LogP) is 5.26. The molecule has 0 aliphatic heterocycles. The minimum absolute atomic E-state index is 0.486. The van der Waals surface area contributed by atoms with Crippen molar-refractivity contribution in [3.63, 3.8) is 0 Å². The number of aliphatic hydroxyl groups excluding tert-OH is 1. The van der Waals surface area contributed by atoms with Crippen molar-refractivity contribution in [1.29, 1.82) is 0 Å². The van der Waals surface area contributed by atoms with Gasteiger partial charge in [0.05, 0.1) is 0 Å². The van der Waals surface area contributed by atoms with Gasteiger partial charge in [0, 0.05) is 0 Å². The molecule has 1 aromatic carbocycles. The van der Waals surface area contributed by atoms with Crippen LogP contribution in [0.2, 0.25) is 0 Å². The summed E-state index contributed by atoms with van der Waals surface area (Å²) in [6, 6.07) is 8.89. The average Bonchev–Trinajstić information content (AvgIpc) is 2.57. The van der Waals surface area contributed by atoms with Gasteiger partial charge in [-0.25, -0.2) is 4.79 Å². The Labute approximate surface area is 141 Å². The van der Waals surface area contributed by atoms with Crippen LogP contribution in [-0.4, -0.2) is 17.2 Å². The van der Waals surface area contributed by atoms with E-state index in [2.05, 4.69) is 6.92 Å². The fraction of sp³-hybridized carbons (Fsp3) is 0.650. The molecule has 1 aromatic rings. The Balaban J connectivity index is 1.97. The summed E-state index contributed by atoms with van der Waals surface area (Å²) in [4.78, 5) is 11.7. The molecule has 0 saturated heterocycles. The number of para-hydroxylation sites is 1. The lowest BCUT2D eigenvalue weighted by Crippen LogP contribution is -2.25. The minimum Gasteiger partial charge on any atom is -0.425 e. The highest BCUT2D eigenvalue weighted by Crippen LogP contribution is 2.14. The van der Waals surface area contributed by atoms with Crippen LogP contribution in [0.25, 0.3) is 0 Å². The molecular weight excluding hydrogens is 288 g/mol. The molecule has 1 atom stereocenters. The van der Waals surface area contributed by atoms with Crippen LogP contribution in [0.15, 0.2) is 30.3 Å². The van der Waals surface area contributed by atoms with E-state index in [1.54, 1.807) is 24.3 Å². The number of carbonyl (C=O) groups is 1. The summed E-state index contributed by atoms with van der Waals surface area (Å²) in [6.07, 6.45) is 11.9. The summed E-state index contributed by atoms with van der Waals surface area (Å²) in [6.45, 7) is 2.24. The maximum absolute atomic E-state index is 11.7. The van der Waals surface area contributed by atoms with Gasteiger partial charge in [-0.2, -0.15) is 0 Å². The molecule has 0 aromatic heterocycles. The van der Waals surface area contributed by atoms with E-state index in [1.807, 2.05) is 6.07 Å². The third kappa shape index (κ3) is 10.1. The van der Waals surface area contributed by atoms with Crippen LogP contribution in [-0.2, 0) is 4.79 Å². The number of esters is 1. The summed E-state index contributed by atoms with van der Waals surface area (Å²) in [7, 11) is 0. The molecule has 0 spiro atoms. The number of hydrogen-bond donors (Lipinski definition) is 1. The van der Waals surface area contributed by atoms with Crippen LogP contribution in [0.4, 0.5) is 0 Å². The molecule has 0 bridgehead atoms. The van der Waals surface area contributed by atoms with E-state index in [1.165, 1.54) is 51.4 Å². The number of hydrogen-bond acceptors (Lipinski definition) is 3. The Bertz CT molecular complexity index is 403. The van der Waals surface area contributed by atoms with Crippen LogP contribution in [0.3, 0.4) is 0 Å². The highest BCUT2D eigenvalue weighted by molar-refractivity contribution is 5.76. The van der Waals surface area contributed by atoms with Gasteiger partial charge in [0.15, 0.2) is 6.10 Å². The molecule has 0 fully saturated rings. The maximum atomic E-state index is 11.7. The predicted molar refractivity (Wildman–Crippen MR) is 94.5 cm³/mol. The Morgan fingerprint density at radius 2 is 1.43 bits per heavy atom. The molecule has 130 valence electrons. The standard InChI is InChI=1S/C20H32O3/c1-2-3-4-5-6-7-8-9-10-14-17-19(21)20(22)23-18-15-12-11-13-16-18/h11-13,15-16,19,21H,2-10,14,17H2,1H3. The molecule has 3 heteroatoms. The van der Waals surface area contributed by atoms with Gasteiger partial charge in [0.2, 0.25) is 0 Å². The molecule has 3 nitrogen and oxygen atoms in total. The second-order valence-electron chi connectivity index (χ2n) is 6.22. The zero-order valence-electron chi connectivity index (χ0n) is 14.5. The first-order valence-electron chi connectivity index (χ1n) is 9.19. The van der Waals surface area contributed by atoms with Gasteiger partial charge in [-0.15, -0.1) is 0 Å². The van der Waals surface area contributed by atoms with Crippen LogP contribution in [0.5, 0.6) is 5.75 Å². The Kier molecular flexibility index (Phi) is 11.2. The first-order valence-corrected chi connectivity index (χ1v) is 9.19. The largest absolute Gasteiger partial charge is 0.425 e. The normalized spacial score (nSPS) is 12.1. The second-order valence-corrected chi connectivity index (χ2v) is 6.22. The summed E-state index contributed by atoms with van der Waals surface area (Å²) in [5.74, 6) is -0.0632. The van der Waals surface area contributed by atoms with Crippen molar-refractivity contribution in [2.75, 3.05) is 0 Å². The van der Waals surface area contributed by atoms with Gasteiger partial charge < -0.3 is 9.84 Å². The van der Waals surface area contributed by atoms with E-state index in [4.69, 9.17) is 4.74 Å². The first-order chi connectivity index (χ1) is 11.2. The fourth-order valence-corrected chi connectivity index (χ4v) is 2.62. The van der Waals surface area contributed by atoms with E-state index in [0.29, 0.717) is 12.2 Å². The van der Waals surface area contributed by atoms with E-state index < -0.39 is 12.1 Å². The van der Waals surface area contributed by atoms with Gasteiger partial charge in [-0.3, -0.25) is 0 Å². The molecule has 0 amide bonds. The second kappa shape index (κ2) is 13.1. The highest BCUT2D eigenvalue weighted by Gasteiger charge is 2.16. The molecule has 0 heterocycles. The highest BCUT2D eigenvalue weighted by atomic mass is 16.5. The van der Waals surface area contributed by atoms with E-state index >= 15 is 0 Å². The number of benzene rings is 1. The lowest BCUT2D eigenvalue weighted by Gasteiger charge is -2.10. The minimum atomic E-state index is -1.01. The molecule has 0 aliphatic rings. The third-order valence-corrected chi connectivity index (χ3v) is 4.06. The van der Waals surface area contributed by atoms with E-state index in [9.17, 15) is 9.90 Å². The van der Waals surface area contributed by atoms with Crippen molar-refractivity contribution >= 4 is 5.97 Å².